The fourth-order valence-electron chi connectivity index (χ4n) is 3.17. The van der Waals surface area contributed by atoms with Crippen LogP contribution < -0.4 is 10.1 Å². The third-order valence-corrected chi connectivity index (χ3v) is 4.95. The molecule has 1 fully saturated rings. The van der Waals surface area contributed by atoms with E-state index in [1.165, 1.54) is 19.2 Å². The van der Waals surface area contributed by atoms with Crippen LogP contribution in [0.3, 0.4) is 0 Å². The maximum atomic E-state index is 13.4. The number of nitrogens with zero attached hydrogens (tertiary/aromatic N) is 1. The molecule has 0 saturated heterocycles. The maximum Gasteiger partial charge on any atom is 0.270 e. The van der Waals surface area contributed by atoms with Crippen LogP contribution in [0.5, 0.6) is 5.75 Å². The molecule has 1 unspecified atom stereocenters. The highest BCUT2D eigenvalue weighted by Gasteiger charge is 2.39. The number of nitrogens with one attached hydrogen (secondary N) is 1. The van der Waals surface area contributed by atoms with Crippen LogP contribution >= 0.6 is 0 Å². The molecule has 4 nitrogen and oxygen atoms in total. The second kappa shape index (κ2) is 7.02. The lowest BCUT2D eigenvalue weighted by Crippen LogP contribution is -2.52. The zero-order valence-corrected chi connectivity index (χ0v) is 15.1. The molecule has 1 aliphatic rings. The van der Waals surface area contributed by atoms with E-state index in [2.05, 4.69) is 24.1 Å². The maximum absolute atomic E-state index is 13.4. The quantitative estimate of drug-likeness (QED) is 0.880. The summed E-state index contributed by atoms with van der Waals surface area (Å²) in [6.07, 6.45) is 2.21. The summed E-state index contributed by atoms with van der Waals surface area (Å²) in [7, 11) is 1.50. The van der Waals surface area contributed by atoms with Crippen molar-refractivity contribution in [2.45, 2.75) is 39.2 Å². The molecule has 0 bridgehead atoms. The molecule has 1 aliphatic carbocycles. The molecule has 138 valence electrons. The predicted molar refractivity (Wildman–Crippen MR) is 94.2 cm³/mol. The number of hydrogen-bond acceptors (Lipinski definition) is 3. The summed E-state index contributed by atoms with van der Waals surface area (Å²) in [5, 5.41) is 3.01. The van der Waals surface area contributed by atoms with Crippen molar-refractivity contribution in [2.75, 3.05) is 7.11 Å². The van der Waals surface area contributed by atoms with Crippen molar-refractivity contribution in [3.05, 3.63) is 58.9 Å². The van der Waals surface area contributed by atoms with E-state index >= 15 is 0 Å². The van der Waals surface area contributed by atoms with Gasteiger partial charge in [0.25, 0.3) is 5.91 Å². The lowest BCUT2D eigenvalue weighted by molar-refractivity contribution is 0.0727. The van der Waals surface area contributed by atoms with Gasteiger partial charge in [-0.05, 0) is 36.0 Å². The van der Waals surface area contributed by atoms with E-state index < -0.39 is 11.6 Å². The second-order valence-electron chi connectivity index (χ2n) is 7.39. The Labute approximate surface area is 151 Å². The van der Waals surface area contributed by atoms with Gasteiger partial charge in [-0.2, -0.15) is 0 Å². The summed E-state index contributed by atoms with van der Waals surface area (Å²) in [5.74, 6) is -1.08. The number of halogens is 2. The highest BCUT2D eigenvalue weighted by molar-refractivity contribution is 5.93. The smallest absolute Gasteiger partial charge is 0.270 e. The molecule has 3 rings (SSSR count). The van der Waals surface area contributed by atoms with Crippen molar-refractivity contribution in [3.8, 4) is 5.75 Å². The number of ether oxygens (including phenoxy) is 1. The van der Waals surface area contributed by atoms with Gasteiger partial charge >= 0.3 is 0 Å². The predicted octanol–water partition coefficient (Wildman–Crippen LogP) is 3.88. The highest BCUT2D eigenvalue weighted by Crippen LogP contribution is 2.40. The monoisotopic (exact) mass is 360 g/mol. The molecule has 1 N–H and O–H groups in total. The van der Waals surface area contributed by atoms with Crippen LogP contribution in [0.2, 0.25) is 0 Å². The van der Waals surface area contributed by atoms with Crippen molar-refractivity contribution in [3.63, 3.8) is 0 Å². The van der Waals surface area contributed by atoms with Crippen LogP contribution in [0.25, 0.3) is 0 Å². The summed E-state index contributed by atoms with van der Waals surface area (Å²) in [5.41, 5.74) is 1.26. The van der Waals surface area contributed by atoms with E-state index in [-0.39, 0.29) is 29.5 Å². The van der Waals surface area contributed by atoms with Gasteiger partial charge < -0.3 is 10.1 Å². The molecular formula is C20H22F2N2O2. The lowest BCUT2D eigenvalue weighted by atomic mass is 9.67. The van der Waals surface area contributed by atoms with E-state index in [1.807, 2.05) is 0 Å². The third kappa shape index (κ3) is 4.00. The Morgan fingerprint density at radius 2 is 1.92 bits per heavy atom. The average Bonchev–Trinajstić information content (AvgIpc) is 2.57. The largest absolute Gasteiger partial charge is 0.497 e. The number of benzene rings is 1. The van der Waals surface area contributed by atoms with E-state index in [4.69, 9.17) is 4.74 Å². The molecule has 26 heavy (non-hydrogen) atoms. The number of amides is 1. The van der Waals surface area contributed by atoms with Gasteiger partial charge in [0.1, 0.15) is 23.1 Å². The number of carbonyl (C=O) groups excluding carboxylic acids is 1. The standard InChI is InChI=1S/C20H22F2N2O2/c1-20(2)5-4-18(20)24-19(25)17-11-16(26-3)10-15(23-17)8-12-6-13(21)9-14(22)7-12/h6-7,9-11,18H,4-5,8H2,1-3H3,(H,24,25). The molecule has 1 aromatic heterocycles. The van der Waals surface area contributed by atoms with E-state index in [0.717, 1.165) is 18.9 Å². The fraction of sp³-hybridized carbons (Fsp3) is 0.400. The molecule has 2 aromatic rings. The molecule has 1 heterocycles. The summed E-state index contributed by atoms with van der Waals surface area (Å²) in [6, 6.07) is 6.66. The number of methoxy groups -OCH3 is 1. The van der Waals surface area contributed by atoms with E-state index in [1.54, 1.807) is 12.1 Å². The number of carbonyl (C=O) groups is 1. The van der Waals surface area contributed by atoms with Gasteiger partial charge in [0.05, 0.1) is 7.11 Å². The Balaban J connectivity index is 1.83. The van der Waals surface area contributed by atoms with Crippen molar-refractivity contribution in [2.24, 2.45) is 5.41 Å². The molecule has 0 spiro atoms. The van der Waals surface area contributed by atoms with Gasteiger partial charge in [-0.1, -0.05) is 13.8 Å². The molecule has 0 radical (unpaired) electrons. The first-order valence-electron chi connectivity index (χ1n) is 8.57. The van der Waals surface area contributed by atoms with Gasteiger partial charge in [-0.3, -0.25) is 4.79 Å². The minimum absolute atomic E-state index is 0.0798. The van der Waals surface area contributed by atoms with Crippen LogP contribution in [0, 0.1) is 17.0 Å². The van der Waals surface area contributed by atoms with E-state index in [9.17, 15) is 13.6 Å². The van der Waals surface area contributed by atoms with Crippen molar-refractivity contribution < 1.29 is 18.3 Å². The third-order valence-electron chi connectivity index (χ3n) is 4.95. The Kier molecular flexibility index (Phi) is 4.94. The van der Waals surface area contributed by atoms with Gasteiger partial charge in [-0.25, -0.2) is 13.8 Å². The van der Waals surface area contributed by atoms with Crippen LogP contribution in [0.4, 0.5) is 8.78 Å². The highest BCUT2D eigenvalue weighted by atomic mass is 19.1. The Bertz CT molecular complexity index is 816. The number of rotatable bonds is 5. The van der Waals surface area contributed by atoms with Crippen LogP contribution in [-0.4, -0.2) is 24.0 Å². The minimum atomic E-state index is -0.645. The molecule has 1 saturated carbocycles. The number of aromatic nitrogens is 1. The van der Waals surface area contributed by atoms with Crippen LogP contribution in [0.15, 0.2) is 30.3 Å². The molecule has 1 atom stereocenters. The topological polar surface area (TPSA) is 51.2 Å². The molecular weight excluding hydrogens is 338 g/mol. The van der Waals surface area contributed by atoms with Crippen LogP contribution in [0.1, 0.15) is 48.4 Å². The molecule has 1 amide bonds. The summed E-state index contributed by atoms with van der Waals surface area (Å²) < 4.78 is 32.0. The summed E-state index contributed by atoms with van der Waals surface area (Å²) >= 11 is 0. The van der Waals surface area contributed by atoms with Crippen LogP contribution in [-0.2, 0) is 6.42 Å². The first kappa shape index (κ1) is 18.3. The minimum Gasteiger partial charge on any atom is -0.497 e. The average molecular weight is 360 g/mol. The SMILES string of the molecule is COc1cc(Cc2cc(F)cc(F)c2)nc(C(=O)NC2CCC2(C)C)c1. The van der Waals surface area contributed by atoms with E-state index in [0.29, 0.717) is 17.0 Å². The lowest BCUT2D eigenvalue weighted by Gasteiger charge is -2.44. The number of pyridine rings is 1. The van der Waals surface area contributed by atoms with Gasteiger partial charge in [-0.15, -0.1) is 0 Å². The molecule has 6 heteroatoms. The first-order chi connectivity index (χ1) is 12.3. The Hall–Kier alpha value is -2.50. The zero-order valence-electron chi connectivity index (χ0n) is 15.1. The first-order valence-corrected chi connectivity index (χ1v) is 8.57. The van der Waals surface area contributed by atoms with Crippen molar-refractivity contribution in [1.82, 2.24) is 10.3 Å². The summed E-state index contributed by atoms with van der Waals surface area (Å²) in [6.45, 7) is 4.23. The molecule has 0 aliphatic heterocycles. The van der Waals surface area contributed by atoms with Gasteiger partial charge in [0.2, 0.25) is 0 Å². The van der Waals surface area contributed by atoms with Gasteiger partial charge in [0.15, 0.2) is 0 Å². The molecule has 1 aromatic carbocycles. The van der Waals surface area contributed by atoms with Crippen molar-refractivity contribution >= 4 is 5.91 Å². The normalized spacial score (nSPS) is 18.1. The van der Waals surface area contributed by atoms with Gasteiger partial charge in [0, 0.05) is 36.4 Å². The Morgan fingerprint density at radius 3 is 2.46 bits per heavy atom. The Morgan fingerprint density at radius 1 is 1.23 bits per heavy atom. The summed E-state index contributed by atoms with van der Waals surface area (Å²) in [4.78, 5) is 16.9. The second-order valence-corrected chi connectivity index (χ2v) is 7.39. The fourth-order valence-corrected chi connectivity index (χ4v) is 3.17. The number of hydrogen-bond donors (Lipinski definition) is 1. The zero-order chi connectivity index (χ0) is 18.9. The van der Waals surface area contributed by atoms with Crippen molar-refractivity contribution in [1.29, 1.82) is 0 Å².